The van der Waals surface area contributed by atoms with Gasteiger partial charge in [-0.25, -0.2) is 13.6 Å². The Kier molecular flexibility index (Phi) is 8.94. The second-order valence-corrected chi connectivity index (χ2v) is 13.3. The van der Waals surface area contributed by atoms with Crippen LogP contribution in [0.5, 0.6) is 5.75 Å². The van der Waals surface area contributed by atoms with Crippen LogP contribution in [0.3, 0.4) is 0 Å². The van der Waals surface area contributed by atoms with E-state index in [1.807, 2.05) is 0 Å². The average molecular weight is 680 g/mol. The minimum absolute atomic E-state index is 0.0619. The molecule has 1 aliphatic rings. The number of nitrogens with one attached hydrogen (secondary N) is 2. The van der Waals surface area contributed by atoms with Crippen molar-refractivity contribution in [3.63, 3.8) is 0 Å². The number of halogens is 7. The lowest BCUT2D eigenvalue weighted by molar-refractivity contribution is -0.117. The van der Waals surface area contributed by atoms with Crippen molar-refractivity contribution in [2.45, 2.75) is 36.4 Å². The highest BCUT2D eigenvalue weighted by Gasteiger charge is 2.67. The molecule has 222 valence electrons. The number of primary amides is 1. The van der Waals surface area contributed by atoms with Crippen molar-refractivity contribution in [2.75, 3.05) is 10.6 Å². The van der Waals surface area contributed by atoms with Gasteiger partial charge in [-0.1, -0.05) is 55.6 Å². The molecule has 0 bridgehead atoms. The zero-order chi connectivity index (χ0) is 31.3. The molecule has 14 heteroatoms. The topological polar surface area (TPSA) is 111 Å². The molecule has 0 aliphatic heterocycles. The van der Waals surface area contributed by atoms with Gasteiger partial charge in [-0.15, -0.1) is 23.2 Å². The Balaban J connectivity index is 1.60. The molecule has 1 fully saturated rings. The molecular weight excluding hydrogens is 658 g/mol. The number of anilines is 2. The van der Waals surface area contributed by atoms with Crippen molar-refractivity contribution in [2.24, 2.45) is 11.7 Å². The van der Waals surface area contributed by atoms with Crippen LogP contribution in [0.15, 0.2) is 42.5 Å². The molecular formula is C28H22Cl5F2N3O4. The number of ether oxygens (including phenoxy) is 1. The Morgan fingerprint density at radius 2 is 1.55 bits per heavy atom. The van der Waals surface area contributed by atoms with Crippen molar-refractivity contribution >= 4 is 87.3 Å². The van der Waals surface area contributed by atoms with Gasteiger partial charge in [-0.05, 0) is 59.0 Å². The maximum atomic E-state index is 15.4. The predicted octanol–water partition coefficient (Wildman–Crippen LogP) is 8.46. The smallest absolute Gasteiger partial charge is 0.407 e. The van der Waals surface area contributed by atoms with E-state index >= 15 is 8.78 Å². The number of hydrogen-bond donors (Lipinski definition) is 3. The molecule has 0 heterocycles. The first-order valence-corrected chi connectivity index (χ1v) is 14.1. The Morgan fingerprint density at radius 1 is 0.929 bits per heavy atom. The van der Waals surface area contributed by atoms with Gasteiger partial charge in [0.25, 0.3) is 5.91 Å². The highest BCUT2D eigenvalue weighted by atomic mass is 35.5. The van der Waals surface area contributed by atoms with E-state index in [2.05, 4.69) is 15.4 Å². The van der Waals surface area contributed by atoms with Crippen molar-refractivity contribution < 1.29 is 27.9 Å². The molecule has 7 nitrogen and oxygen atoms in total. The molecule has 0 radical (unpaired) electrons. The summed E-state index contributed by atoms with van der Waals surface area (Å²) in [6, 6.07) is 9.64. The molecule has 4 rings (SSSR count). The fourth-order valence-corrected chi connectivity index (χ4v) is 6.02. The number of carbonyl (C=O) groups is 3. The third-order valence-electron chi connectivity index (χ3n) is 6.48. The third-order valence-corrected chi connectivity index (χ3v) is 8.19. The first kappa shape index (κ1) is 32.1. The molecule has 3 amide bonds. The summed E-state index contributed by atoms with van der Waals surface area (Å²) in [4.78, 5) is 37.6. The number of alkyl halides is 2. The number of nitrogens with two attached hydrogens (primary N) is 1. The van der Waals surface area contributed by atoms with Crippen molar-refractivity contribution in [1.82, 2.24) is 0 Å². The van der Waals surface area contributed by atoms with Gasteiger partial charge in [0.15, 0.2) is 17.4 Å². The Bertz CT molecular complexity index is 1610. The summed E-state index contributed by atoms with van der Waals surface area (Å²) in [7, 11) is 0. The summed E-state index contributed by atoms with van der Waals surface area (Å²) in [5, 5.41) is 5.37. The molecule has 3 aromatic carbocycles. The van der Waals surface area contributed by atoms with Gasteiger partial charge >= 0.3 is 6.09 Å². The van der Waals surface area contributed by atoms with Crippen LogP contribution < -0.4 is 21.1 Å². The van der Waals surface area contributed by atoms with E-state index in [9.17, 15) is 14.4 Å². The lowest BCUT2D eigenvalue weighted by Gasteiger charge is -2.23. The Morgan fingerprint density at radius 3 is 2.12 bits per heavy atom. The molecule has 4 N–H and O–H groups in total. The molecule has 0 unspecified atom stereocenters. The van der Waals surface area contributed by atoms with Crippen LogP contribution in [0.2, 0.25) is 15.1 Å². The van der Waals surface area contributed by atoms with E-state index in [1.165, 1.54) is 24.3 Å². The minimum Gasteiger partial charge on any atom is -0.407 e. The molecule has 0 spiro atoms. The van der Waals surface area contributed by atoms with Gasteiger partial charge in [0.05, 0.1) is 16.5 Å². The second kappa shape index (κ2) is 11.7. The molecule has 1 saturated carbocycles. The summed E-state index contributed by atoms with van der Waals surface area (Å²) >= 11 is 31.2. The predicted molar refractivity (Wildman–Crippen MR) is 160 cm³/mol. The Labute approximate surface area is 264 Å². The molecule has 3 aromatic rings. The number of benzene rings is 3. The van der Waals surface area contributed by atoms with Gasteiger partial charge in [0.2, 0.25) is 5.91 Å². The van der Waals surface area contributed by atoms with Gasteiger partial charge in [-0.3, -0.25) is 9.59 Å². The molecule has 2 atom stereocenters. The minimum atomic E-state index is -1.46. The number of amides is 3. The number of rotatable bonds is 6. The van der Waals surface area contributed by atoms with Crippen molar-refractivity contribution in [3.05, 3.63) is 85.9 Å². The lowest BCUT2D eigenvalue weighted by Crippen LogP contribution is -2.22. The molecule has 0 saturated heterocycles. The van der Waals surface area contributed by atoms with Gasteiger partial charge in [0, 0.05) is 21.7 Å². The maximum absolute atomic E-state index is 15.4. The number of carbonyl (C=O) groups excluding carboxylic acids is 3. The van der Waals surface area contributed by atoms with Gasteiger partial charge < -0.3 is 21.1 Å². The van der Waals surface area contributed by atoms with Crippen LogP contribution in [-0.2, 0) is 10.2 Å². The van der Waals surface area contributed by atoms with E-state index < -0.39 is 62.6 Å². The van der Waals surface area contributed by atoms with E-state index in [4.69, 9.17) is 63.7 Å². The summed E-state index contributed by atoms with van der Waals surface area (Å²) in [5.41, 5.74) is 3.64. The van der Waals surface area contributed by atoms with Gasteiger partial charge in [-0.2, -0.15) is 0 Å². The van der Waals surface area contributed by atoms with Crippen LogP contribution in [0.4, 0.5) is 25.0 Å². The van der Waals surface area contributed by atoms with Crippen molar-refractivity contribution in [3.8, 4) is 5.75 Å². The van der Waals surface area contributed by atoms with E-state index in [0.29, 0.717) is 15.6 Å². The van der Waals surface area contributed by atoms with E-state index in [-0.39, 0.29) is 21.8 Å². The zero-order valence-corrected chi connectivity index (χ0v) is 25.8. The van der Waals surface area contributed by atoms with Crippen LogP contribution in [0, 0.1) is 17.6 Å². The average Bonchev–Trinajstić information content (AvgIpc) is 3.45. The standard InChI is InChI=1S/C28H22Cl5F2N3O4/c1-27(2,3)16-10-18(42-26(36)41)22(35)23(21(16)34)38-24(39)15-9-14(4-5-17(15)31)37-25(40)20-19(28(20,32)33)11-6-12(29)8-13(30)7-11/h4-10,19-20H,1-3H3,(H2,36,41)(H,37,40)(H,38,39)/t19-,20+/m0/s1. The van der Waals surface area contributed by atoms with E-state index in [0.717, 1.165) is 6.07 Å². The quantitative estimate of drug-likeness (QED) is 0.227. The summed E-state index contributed by atoms with van der Waals surface area (Å²) in [6.45, 7) is 4.90. The van der Waals surface area contributed by atoms with Crippen LogP contribution in [-0.4, -0.2) is 22.2 Å². The highest BCUT2D eigenvalue weighted by molar-refractivity contribution is 6.53. The van der Waals surface area contributed by atoms with Crippen molar-refractivity contribution in [1.29, 1.82) is 0 Å². The third kappa shape index (κ3) is 6.55. The SMILES string of the molecule is CC(C)(C)c1cc(OC(N)=O)c(F)c(NC(=O)c2cc(NC(=O)[C@H]3[C@H](c4cc(Cl)cc(Cl)c4)C3(Cl)Cl)ccc2Cl)c1F. The summed E-state index contributed by atoms with van der Waals surface area (Å²) in [5.74, 6) is -6.24. The monoisotopic (exact) mass is 677 g/mol. The fourth-order valence-electron chi connectivity index (χ4n) is 4.45. The normalized spacial score (nSPS) is 17.4. The largest absolute Gasteiger partial charge is 0.410 e. The molecule has 1 aliphatic carbocycles. The zero-order valence-electron chi connectivity index (χ0n) is 22.1. The molecule has 0 aromatic heterocycles. The van der Waals surface area contributed by atoms with E-state index in [1.54, 1.807) is 32.9 Å². The van der Waals surface area contributed by atoms with Crippen LogP contribution >= 0.6 is 58.0 Å². The van der Waals surface area contributed by atoms with Gasteiger partial charge in [0.1, 0.15) is 10.0 Å². The summed E-state index contributed by atoms with van der Waals surface area (Å²) in [6.07, 6.45) is -1.33. The Hall–Kier alpha value is -2.82. The van der Waals surface area contributed by atoms with Crippen LogP contribution in [0.25, 0.3) is 0 Å². The number of hydrogen-bond acceptors (Lipinski definition) is 4. The first-order chi connectivity index (χ1) is 19.4. The maximum Gasteiger partial charge on any atom is 0.410 e. The second-order valence-electron chi connectivity index (χ2n) is 10.6. The first-order valence-electron chi connectivity index (χ1n) is 12.2. The summed E-state index contributed by atoms with van der Waals surface area (Å²) < 4.78 is 33.8. The van der Waals surface area contributed by atoms with Crippen LogP contribution in [0.1, 0.15) is 48.2 Å². The highest BCUT2D eigenvalue weighted by Crippen LogP contribution is 2.65. The molecule has 42 heavy (non-hydrogen) atoms. The fraction of sp³-hybridized carbons (Fsp3) is 0.250. The lowest BCUT2D eigenvalue weighted by atomic mass is 9.86.